The predicted octanol–water partition coefficient (Wildman–Crippen LogP) is 6.73. The number of carbonyl (C=O) groups excluding carboxylic acids is 1. The fourth-order valence-electron chi connectivity index (χ4n) is 6.49. The van der Waals surface area contributed by atoms with Gasteiger partial charge in [-0.05, 0) is 106 Å². The Labute approximate surface area is 229 Å². The molecule has 1 amide bonds. The molecule has 3 aliphatic carbocycles. The van der Waals surface area contributed by atoms with E-state index in [-0.39, 0.29) is 0 Å². The third-order valence-electron chi connectivity index (χ3n) is 8.85. The van der Waals surface area contributed by atoms with Gasteiger partial charge >= 0.3 is 0 Å². The molecule has 3 aromatic rings. The molecule has 0 saturated heterocycles. The van der Waals surface area contributed by atoms with Crippen LogP contribution in [0.1, 0.15) is 70.6 Å². The molecule has 6 rings (SSSR count). The molecule has 0 atom stereocenters. The van der Waals surface area contributed by atoms with Gasteiger partial charge in [-0.1, -0.05) is 11.6 Å². The summed E-state index contributed by atoms with van der Waals surface area (Å²) in [5, 5.41) is 8.44. The molecule has 0 bridgehead atoms. The van der Waals surface area contributed by atoms with Crippen molar-refractivity contribution in [3.8, 4) is 16.9 Å². The molecular formula is C30H38ClN5O2. The van der Waals surface area contributed by atoms with Gasteiger partial charge in [0.25, 0.3) is 0 Å². The first kappa shape index (κ1) is 25.5. The van der Waals surface area contributed by atoms with E-state index in [0.717, 1.165) is 84.1 Å². The van der Waals surface area contributed by atoms with Crippen LogP contribution in [0, 0.1) is 17.8 Å². The van der Waals surface area contributed by atoms with Crippen LogP contribution in [0.2, 0.25) is 5.15 Å². The first-order valence-corrected chi connectivity index (χ1v) is 14.7. The van der Waals surface area contributed by atoms with Crippen LogP contribution in [-0.2, 0) is 4.79 Å². The van der Waals surface area contributed by atoms with Crippen LogP contribution in [-0.4, -0.2) is 40.1 Å². The molecule has 3 N–H and O–H groups in total. The highest BCUT2D eigenvalue weighted by molar-refractivity contribution is 6.29. The minimum absolute atomic E-state index is 0.305. The maximum Gasteiger partial charge on any atom is 0.223 e. The zero-order chi connectivity index (χ0) is 26.1. The molecule has 0 unspecified atom stereocenters. The summed E-state index contributed by atoms with van der Waals surface area (Å²) >= 11 is 6.46. The largest absolute Gasteiger partial charge is 0.495 e. The summed E-state index contributed by atoms with van der Waals surface area (Å²) in [6, 6.07) is 6.81. The molecule has 3 aliphatic rings. The Morgan fingerprint density at radius 3 is 2.39 bits per heavy atom. The number of carbonyl (C=O) groups is 1. The monoisotopic (exact) mass is 535 g/mol. The lowest BCUT2D eigenvalue weighted by Crippen LogP contribution is -2.38. The maximum atomic E-state index is 12.1. The van der Waals surface area contributed by atoms with E-state index in [1.54, 1.807) is 13.3 Å². The molecule has 0 aliphatic heterocycles. The molecule has 0 radical (unpaired) electrons. The normalized spacial score (nSPS) is 25.7. The Morgan fingerprint density at radius 1 is 1.00 bits per heavy atom. The number of H-pyrrole nitrogens is 1. The van der Waals surface area contributed by atoms with Gasteiger partial charge in [0, 0.05) is 35.1 Å². The number of methoxy groups -OCH3 is 1. The van der Waals surface area contributed by atoms with Gasteiger partial charge in [-0.3, -0.25) is 4.79 Å². The van der Waals surface area contributed by atoms with Gasteiger partial charge in [0.05, 0.1) is 13.3 Å². The van der Waals surface area contributed by atoms with Crippen molar-refractivity contribution >= 4 is 34.4 Å². The summed E-state index contributed by atoms with van der Waals surface area (Å²) in [6.45, 7) is 0. The second kappa shape index (κ2) is 11.1. The van der Waals surface area contributed by atoms with Gasteiger partial charge in [0.15, 0.2) is 0 Å². The number of ether oxygens (including phenoxy) is 1. The van der Waals surface area contributed by atoms with E-state index in [9.17, 15) is 4.79 Å². The Bertz CT molecular complexity index is 1270. The molecule has 3 saturated carbocycles. The first-order chi connectivity index (χ1) is 18.5. The van der Waals surface area contributed by atoms with Gasteiger partial charge in [-0.25, -0.2) is 9.97 Å². The molecule has 202 valence electrons. The highest BCUT2D eigenvalue weighted by atomic mass is 35.5. The minimum Gasteiger partial charge on any atom is -0.495 e. The van der Waals surface area contributed by atoms with E-state index in [4.69, 9.17) is 16.3 Å². The number of aromatic amines is 1. The van der Waals surface area contributed by atoms with E-state index in [2.05, 4.69) is 31.7 Å². The zero-order valence-electron chi connectivity index (χ0n) is 22.1. The molecule has 3 fully saturated rings. The van der Waals surface area contributed by atoms with Gasteiger partial charge < -0.3 is 20.4 Å². The highest BCUT2D eigenvalue weighted by Gasteiger charge is 2.32. The van der Waals surface area contributed by atoms with Crippen LogP contribution in [0.4, 0.5) is 5.82 Å². The smallest absolute Gasteiger partial charge is 0.223 e. The maximum absolute atomic E-state index is 12.1. The van der Waals surface area contributed by atoms with E-state index < -0.39 is 0 Å². The van der Waals surface area contributed by atoms with Crippen LogP contribution in [0.5, 0.6) is 5.75 Å². The number of nitrogens with zero attached hydrogens (tertiary/aromatic N) is 2. The van der Waals surface area contributed by atoms with Gasteiger partial charge in [0.1, 0.15) is 22.4 Å². The Morgan fingerprint density at radius 2 is 1.71 bits per heavy atom. The van der Waals surface area contributed by atoms with Gasteiger partial charge in [-0.15, -0.1) is 0 Å². The number of nitrogens with one attached hydrogen (secondary N) is 3. The molecule has 3 aromatic heterocycles. The fraction of sp³-hybridized carbons (Fsp3) is 0.567. The summed E-state index contributed by atoms with van der Waals surface area (Å²) in [4.78, 5) is 24.3. The van der Waals surface area contributed by atoms with Crippen LogP contribution in [0.25, 0.3) is 22.2 Å². The van der Waals surface area contributed by atoms with Crippen LogP contribution in [0.15, 0.2) is 30.6 Å². The van der Waals surface area contributed by atoms with Crippen LogP contribution >= 0.6 is 11.6 Å². The van der Waals surface area contributed by atoms with E-state index in [0.29, 0.717) is 29.1 Å². The number of fused-ring (bicyclic) bond motifs is 1. The number of aromatic nitrogens is 3. The Kier molecular flexibility index (Phi) is 7.46. The number of pyridine rings is 2. The van der Waals surface area contributed by atoms with Crippen molar-refractivity contribution in [2.75, 3.05) is 12.4 Å². The summed E-state index contributed by atoms with van der Waals surface area (Å²) in [5.74, 6) is 3.81. The molecule has 3 heterocycles. The molecule has 38 heavy (non-hydrogen) atoms. The summed E-state index contributed by atoms with van der Waals surface area (Å²) in [6.07, 6.45) is 16.9. The SMILES string of the molecule is COc1cnc2[nH]cc(-c3cc(Cl)nc(NC4CCC(CC5CCC(NC(=O)C6CC6)CC5)CC4)c3)c2c1. The predicted molar refractivity (Wildman–Crippen MR) is 151 cm³/mol. The summed E-state index contributed by atoms with van der Waals surface area (Å²) in [5.41, 5.74) is 2.86. The molecule has 0 aromatic carbocycles. The number of hydrogen-bond donors (Lipinski definition) is 3. The van der Waals surface area contributed by atoms with Crippen molar-refractivity contribution in [1.29, 1.82) is 0 Å². The first-order valence-electron chi connectivity index (χ1n) is 14.3. The quantitative estimate of drug-likeness (QED) is 0.278. The Hall–Kier alpha value is -2.80. The standard InChI is InChI=1S/C30H38ClN5O2/c1-38-24-15-25-26(17-33-29(25)32-16-24)21-13-27(31)36-28(14-21)34-22-8-2-18(3-9-22)12-19-4-10-23(11-5-19)35-30(37)20-6-7-20/h13-20,22-23H,2-12H2,1H3,(H,32,33)(H,34,36)(H,35,37). The highest BCUT2D eigenvalue weighted by Crippen LogP contribution is 2.37. The van der Waals surface area contributed by atoms with Crippen molar-refractivity contribution < 1.29 is 9.53 Å². The Balaban J connectivity index is 1.01. The number of anilines is 1. The van der Waals surface area contributed by atoms with E-state index in [1.807, 2.05) is 18.3 Å². The summed E-state index contributed by atoms with van der Waals surface area (Å²) in [7, 11) is 1.65. The van der Waals surface area contributed by atoms with Gasteiger partial charge in [0.2, 0.25) is 5.91 Å². The van der Waals surface area contributed by atoms with E-state index >= 15 is 0 Å². The van der Waals surface area contributed by atoms with Crippen molar-refractivity contribution in [2.45, 2.75) is 82.7 Å². The average molecular weight is 536 g/mol. The second-order valence-electron chi connectivity index (χ2n) is 11.6. The average Bonchev–Trinajstić information content (AvgIpc) is 3.70. The van der Waals surface area contributed by atoms with Crippen molar-refractivity contribution in [2.24, 2.45) is 17.8 Å². The fourth-order valence-corrected chi connectivity index (χ4v) is 6.70. The number of rotatable bonds is 8. The molecule has 7 nitrogen and oxygen atoms in total. The van der Waals surface area contributed by atoms with Crippen molar-refractivity contribution in [3.05, 3.63) is 35.7 Å². The van der Waals surface area contributed by atoms with Crippen molar-refractivity contribution in [1.82, 2.24) is 20.3 Å². The second-order valence-corrected chi connectivity index (χ2v) is 12.0. The molecule has 0 spiro atoms. The number of halogens is 1. The lowest BCUT2D eigenvalue weighted by molar-refractivity contribution is -0.123. The lowest BCUT2D eigenvalue weighted by Gasteiger charge is -2.34. The summed E-state index contributed by atoms with van der Waals surface area (Å²) < 4.78 is 5.37. The van der Waals surface area contributed by atoms with Crippen LogP contribution < -0.4 is 15.4 Å². The third kappa shape index (κ3) is 5.93. The number of hydrogen-bond acceptors (Lipinski definition) is 5. The van der Waals surface area contributed by atoms with Gasteiger partial charge in [-0.2, -0.15) is 0 Å². The molecular weight excluding hydrogens is 498 g/mol. The lowest BCUT2D eigenvalue weighted by atomic mass is 9.75. The molecule has 8 heteroatoms. The minimum atomic E-state index is 0.305. The third-order valence-corrected chi connectivity index (χ3v) is 9.05. The van der Waals surface area contributed by atoms with Crippen LogP contribution in [0.3, 0.4) is 0 Å². The topological polar surface area (TPSA) is 91.9 Å². The number of amides is 1. The van der Waals surface area contributed by atoms with Crippen molar-refractivity contribution in [3.63, 3.8) is 0 Å². The zero-order valence-corrected chi connectivity index (χ0v) is 22.9. The van der Waals surface area contributed by atoms with E-state index in [1.165, 1.54) is 32.1 Å².